The first-order chi connectivity index (χ1) is 9.58. The van der Waals surface area contributed by atoms with Crippen molar-refractivity contribution in [1.82, 2.24) is 14.7 Å². The Balaban J connectivity index is 2.28. The van der Waals surface area contributed by atoms with E-state index >= 15 is 0 Å². The van der Waals surface area contributed by atoms with Crippen molar-refractivity contribution in [2.45, 2.75) is 52.0 Å². The summed E-state index contributed by atoms with van der Waals surface area (Å²) in [6, 6.07) is 0.714. The molecule has 1 fully saturated rings. The number of hydrogen-bond donors (Lipinski definition) is 0. The Morgan fingerprint density at radius 2 is 1.80 bits per heavy atom. The Hall–Kier alpha value is -0.610. The molecule has 118 valence electrons. The van der Waals surface area contributed by atoms with E-state index in [0.29, 0.717) is 18.4 Å². The Labute approximate surface area is 125 Å². The lowest BCUT2D eigenvalue weighted by Gasteiger charge is -2.39. The van der Waals surface area contributed by atoms with E-state index < -0.39 is 0 Å². The lowest BCUT2D eigenvalue weighted by atomic mass is 10.1. The van der Waals surface area contributed by atoms with Crippen LogP contribution in [0.25, 0.3) is 0 Å². The molecule has 1 aliphatic rings. The quantitative estimate of drug-likeness (QED) is 0.682. The summed E-state index contributed by atoms with van der Waals surface area (Å²) in [5.41, 5.74) is 0. The Kier molecular flexibility index (Phi) is 8.15. The molecule has 0 aromatic heterocycles. The second kappa shape index (κ2) is 9.35. The van der Waals surface area contributed by atoms with Crippen LogP contribution in [0.2, 0.25) is 0 Å². The van der Waals surface area contributed by atoms with Crippen LogP contribution in [0.15, 0.2) is 0 Å². The van der Waals surface area contributed by atoms with Gasteiger partial charge in [0.2, 0.25) is 5.91 Å². The first-order valence-electron chi connectivity index (χ1n) is 8.25. The van der Waals surface area contributed by atoms with Gasteiger partial charge in [-0.2, -0.15) is 0 Å². The second-order valence-electron chi connectivity index (χ2n) is 6.17. The smallest absolute Gasteiger partial charge is 0.222 e. The predicted octanol–water partition coefficient (Wildman–Crippen LogP) is 2.05. The standard InChI is InChI=1S/C16H33N3O/c1-5-8-15(6-2)18-11-13-19(14-12-18)16(20)9-7-10-17(3)4/h15H,5-14H2,1-4H3. The number of hydrogen-bond acceptors (Lipinski definition) is 3. The van der Waals surface area contributed by atoms with Crippen molar-refractivity contribution in [1.29, 1.82) is 0 Å². The summed E-state index contributed by atoms with van der Waals surface area (Å²) >= 11 is 0. The second-order valence-corrected chi connectivity index (χ2v) is 6.17. The van der Waals surface area contributed by atoms with Gasteiger partial charge in [0.25, 0.3) is 0 Å². The van der Waals surface area contributed by atoms with E-state index in [-0.39, 0.29) is 0 Å². The molecule has 20 heavy (non-hydrogen) atoms. The van der Waals surface area contributed by atoms with Gasteiger partial charge >= 0.3 is 0 Å². The molecule has 0 N–H and O–H groups in total. The van der Waals surface area contributed by atoms with Crippen LogP contribution in [-0.2, 0) is 4.79 Å². The first-order valence-corrected chi connectivity index (χ1v) is 8.25. The van der Waals surface area contributed by atoms with E-state index in [4.69, 9.17) is 0 Å². The van der Waals surface area contributed by atoms with E-state index in [1.807, 2.05) is 0 Å². The molecule has 0 aromatic rings. The minimum Gasteiger partial charge on any atom is -0.340 e. The van der Waals surface area contributed by atoms with Crippen molar-refractivity contribution in [2.24, 2.45) is 0 Å². The van der Waals surface area contributed by atoms with E-state index in [0.717, 1.165) is 39.1 Å². The van der Waals surface area contributed by atoms with Crippen molar-refractivity contribution < 1.29 is 4.79 Å². The molecule has 0 spiro atoms. The molecule has 4 nitrogen and oxygen atoms in total. The highest BCUT2D eigenvalue weighted by molar-refractivity contribution is 5.76. The highest BCUT2D eigenvalue weighted by atomic mass is 16.2. The number of nitrogens with zero attached hydrogens (tertiary/aromatic N) is 3. The zero-order valence-electron chi connectivity index (χ0n) is 13.9. The van der Waals surface area contributed by atoms with Gasteiger partial charge in [-0.05, 0) is 39.9 Å². The summed E-state index contributed by atoms with van der Waals surface area (Å²) in [5, 5.41) is 0. The maximum atomic E-state index is 12.1. The lowest BCUT2D eigenvalue weighted by Crippen LogP contribution is -2.51. The molecule has 0 radical (unpaired) electrons. The van der Waals surface area contributed by atoms with Gasteiger partial charge in [0.05, 0.1) is 0 Å². The molecule has 1 saturated heterocycles. The van der Waals surface area contributed by atoms with Crippen molar-refractivity contribution in [2.75, 3.05) is 46.8 Å². The van der Waals surface area contributed by atoms with Gasteiger partial charge in [0.1, 0.15) is 0 Å². The molecule has 1 atom stereocenters. The monoisotopic (exact) mass is 283 g/mol. The number of carbonyl (C=O) groups excluding carboxylic acids is 1. The highest BCUT2D eigenvalue weighted by Gasteiger charge is 2.24. The lowest BCUT2D eigenvalue weighted by molar-refractivity contribution is -0.133. The largest absolute Gasteiger partial charge is 0.340 e. The van der Waals surface area contributed by atoms with Gasteiger partial charge in [-0.3, -0.25) is 9.69 Å². The van der Waals surface area contributed by atoms with Crippen LogP contribution in [0, 0.1) is 0 Å². The zero-order valence-corrected chi connectivity index (χ0v) is 13.9. The van der Waals surface area contributed by atoms with Crippen LogP contribution in [0.3, 0.4) is 0 Å². The Morgan fingerprint density at radius 1 is 1.15 bits per heavy atom. The molecule has 1 amide bonds. The summed E-state index contributed by atoms with van der Waals surface area (Å²) < 4.78 is 0. The molecule has 1 rings (SSSR count). The molecular formula is C16H33N3O. The maximum absolute atomic E-state index is 12.1. The number of carbonyl (C=O) groups is 1. The van der Waals surface area contributed by atoms with Crippen LogP contribution < -0.4 is 0 Å². The molecule has 4 heteroatoms. The number of rotatable bonds is 8. The van der Waals surface area contributed by atoms with Crippen LogP contribution in [0.1, 0.15) is 46.0 Å². The molecule has 0 saturated carbocycles. The van der Waals surface area contributed by atoms with E-state index in [1.165, 1.54) is 19.3 Å². The summed E-state index contributed by atoms with van der Waals surface area (Å²) in [4.78, 5) is 18.9. The zero-order chi connectivity index (χ0) is 15.0. The topological polar surface area (TPSA) is 26.8 Å². The Bertz CT molecular complexity index is 273. The fourth-order valence-electron chi connectivity index (χ4n) is 3.02. The number of piperazine rings is 1. The van der Waals surface area contributed by atoms with Gasteiger partial charge in [-0.15, -0.1) is 0 Å². The van der Waals surface area contributed by atoms with E-state index in [2.05, 4.69) is 42.6 Å². The SMILES string of the molecule is CCCC(CC)N1CCN(C(=O)CCCN(C)C)CC1. The summed E-state index contributed by atoms with van der Waals surface area (Å²) in [6.07, 6.45) is 5.43. The predicted molar refractivity (Wildman–Crippen MR) is 84.9 cm³/mol. The van der Waals surface area contributed by atoms with Gasteiger partial charge in [0.15, 0.2) is 0 Å². The van der Waals surface area contributed by atoms with Crippen LogP contribution in [0.5, 0.6) is 0 Å². The van der Waals surface area contributed by atoms with Crippen LogP contribution in [0.4, 0.5) is 0 Å². The third-order valence-electron chi connectivity index (χ3n) is 4.27. The van der Waals surface area contributed by atoms with Crippen molar-refractivity contribution in [3.63, 3.8) is 0 Å². The number of amides is 1. The fourth-order valence-corrected chi connectivity index (χ4v) is 3.02. The highest BCUT2D eigenvalue weighted by Crippen LogP contribution is 2.14. The molecule has 0 aliphatic carbocycles. The van der Waals surface area contributed by atoms with Crippen molar-refractivity contribution in [3.05, 3.63) is 0 Å². The summed E-state index contributed by atoms with van der Waals surface area (Å²) in [5.74, 6) is 0.343. The third kappa shape index (κ3) is 5.80. The summed E-state index contributed by atoms with van der Waals surface area (Å²) in [6.45, 7) is 9.48. The van der Waals surface area contributed by atoms with Crippen molar-refractivity contribution >= 4 is 5.91 Å². The van der Waals surface area contributed by atoms with Crippen LogP contribution in [-0.4, -0.2) is 73.5 Å². The summed E-state index contributed by atoms with van der Waals surface area (Å²) in [7, 11) is 4.11. The van der Waals surface area contributed by atoms with Gasteiger partial charge in [-0.25, -0.2) is 0 Å². The molecular weight excluding hydrogens is 250 g/mol. The Morgan fingerprint density at radius 3 is 2.30 bits per heavy atom. The normalized spacial score (nSPS) is 18.6. The van der Waals surface area contributed by atoms with Crippen LogP contribution >= 0.6 is 0 Å². The molecule has 0 bridgehead atoms. The third-order valence-corrected chi connectivity index (χ3v) is 4.27. The molecule has 1 aliphatic heterocycles. The van der Waals surface area contributed by atoms with Gasteiger partial charge in [-0.1, -0.05) is 20.3 Å². The van der Waals surface area contributed by atoms with E-state index in [1.54, 1.807) is 0 Å². The van der Waals surface area contributed by atoms with Gasteiger partial charge in [0, 0.05) is 38.6 Å². The van der Waals surface area contributed by atoms with E-state index in [9.17, 15) is 4.79 Å². The molecule has 1 heterocycles. The first kappa shape index (κ1) is 17.4. The minimum absolute atomic E-state index is 0.343. The average Bonchev–Trinajstić information content (AvgIpc) is 2.44. The molecule has 1 unspecified atom stereocenters. The van der Waals surface area contributed by atoms with Crippen molar-refractivity contribution in [3.8, 4) is 0 Å². The minimum atomic E-state index is 0.343. The maximum Gasteiger partial charge on any atom is 0.222 e. The molecule has 0 aromatic carbocycles. The van der Waals surface area contributed by atoms with Gasteiger partial charge < -0.3 is 9.80 Å². The average molecular weight is 283 g/mol. The fraction of sp³-hybridized carbons (Fsp3) is 0.938.